The number of thioether (sulfide) groups is 1. The summed E-state index contributed by atoms with van der Waals surface area (Å²) < 4.78 is 29.7. The number of rotatable bonds is 12. The standard InChI is InChI=1S/C29H38N6O2S2/c1-30-27(21-38-22-31-14-15-35-18-16-34(4)17-19-35)23-8-5-9-24(20-23)32-39(36,37)29-13-7-10-25-26(29)11-6-12-28(25)33(2)3/h5-13,20-21,31-32H,1,14-19,22H2,2-4H3/b27-21-. The van der Waals surface area contributed by atoms with Crippen molar-refractivity contribution >= 4 is 56.3 Å². The molecule has 0 unspecified atom stereocenters. The fourth-order valence-corrected chi connectivity index (χ4v) is 6.58. The molecule has 1 fully saturated rings. The van der Waals surface area contributed by atoms with Gasteiger partial charge < -0.3 is 15.1 Å². The van der Waals surface area contributed by atoms with E-state index in [1.54, 1.807) is 36.0 Å². The summed E-state index contributed by atoms with van der Waals surface area (Å²) >= 11 is 1.61. The lowest BCUT2D eigenvalue weighted by Crippen LogP contribution is -2.46. The predicted molar refractivity (Wildman–Crippen MR) is 167 cm³/mol. The van der Waals surface area contributed by atoms with Crippen LogP contribution in [0.3, 0.4) is 0 Å². The molecule has 0 saturated carbocycles. The van der Waals surface area contributed by atoms with Gasteiger partial charge in [-0.1, -0.05) is 36.4 Å². The molecule has 0 aromatic heterocycles. The molecule has 10 heteroatoms. The Morgan fingerprint density at radius 3 is 2.51 bits per heavy atom. The number of piperazine rings is 1. The highest BCUT2D eigenvalue weighted by Gasteiger charge is 2.19. The number of fused-ring (bicyclic) bond motifs is 1. The van der Waals surface area contributed by atoms with Crippen LogP contribution in [0.4, 0.5) is 11.4 Å². The van der Waals surface area contributed by atoms with E-state index in [1.165, 1.54) is 0 Å². The zero-order chi connectivity index (χ0) is 27.8. The third kappa shape index (κ3) is 7.61. The van der Waals surface area contributed by atoms with Crippen LogP contribution in [-0.2, 0) is 10.0 Å². The first-order chi connectivity index (χ1) is 18.8. The average Bonchev–Trinajstić information content (AvgIpc) is 2.92. The molecule has 0 amide bonds. The maximum absolute atomic E-state index is 13.5. The normalized spacial score (nSPS) is 15.4. The van der Waals surface area contributed by atoms with E-state index in [2.05, 4.69) is 38.6 Å². The van der Waals surface area contributed by atoms with Gasteiger partial charge in [-0.05, 0) is 43.4 Å². The molecule has 1 heterocycles. The van der Waals surface area contributed by atoms with E-state index in [0.29, 0.717) is 16.8 Å². The summed E-state index contributed by atoms with van der Waals surface area (Å²) in [5.41, 5.74) is 2.92. The number of hydrogen-bond acceptors (Lipinski definition) is 8. The summed E-state index contributed by atoms with van der Waals surface area (Å²) in [5, 5.41) is 6.98. The van der Waals surface area contributed by atoms with Crippen molar-refractivity contribution in [1.82, 2.24) is 15.1 Å². The van der Waals surface area contributed by atoms with Crippen LogP contribution in [0.25, 0.3) is 16.5 Å². The molecule has 1 saturated heterocycles. The first-order valence-corrected chi connectivity index (χ1v) is 15.5. The summed E-state index contributed by atoms with van der Waals surface area (Å²) in [7, 11) is 2.23. The lowest BCUT2D eigenvalue weighted by atomic mass is 10.1. The molecule has 208 valence electrons. The molecular weight excluding hydrogens is 528 g/mol. The molecule has 3 aromatic carbocycles. The topological polar surface area (TPSA) is 80.3 Å². The quantitative estimate of drug-likeness (QED) is 0.193. The van der Waals surface area contributed by atoms with E-state index in [0.717, 1.165) is 61.8 Å². The summed E-state index contributed by atoms with van der Waals surface area (Å²) in [6.45, 7) is 10.2. The second-order valence-electron chi connectivity index (χ2n) is 9.83. The minimum Gasteiger partial charge on any atom is -0.377 e. The number of sulfonamides is 1. The summed E-state index contributed by atoms with van der Waals surface area (Å²) in [6.07, 6.45) is 0. The van der Waals surface area contributed by atoms with Gasteiger partial charge in [0.1, 0.15) is 0 Å². The Kier molecular flexibility index (Phi) is 10.0. The van der Waals surface area contributed by atoms with E-state index < -0.39 is 10.0 Å². The Bertz CT molecular complexity index is 1420. The Labute approximate surface area is 236 Å². The van der Waals surface area contributed by atoms with Crippen LogP contribution in [0.15, 0.2) is 76.0 Å². The molecule has 3 aromatic rings. The molecule has 0 radical (unpaired) electrons. The maximum atomic E-state index is 13.5. The van der Waals surface area contributed by atoms with Crippen molar-refractivity contribution in [3.8, 4) is 0 Å². The highest BCUT2D eigenvalue weighted by atomic mass is 32.2. The zero-order valence-electron chi connectivity index (χ0n) is 22.9. The molecule has 8 nitrogen and oxygen atoms in total. The molecule has 0 atom stereocenters. The highest BCUT2D eigenvalue weighted by Crippen LogP contribution is 2.31. The van der Waals surface area contributed by atoms with Gasteiger partial charge in [-0.25, -0.2) is 8.42 Å². The van der Waals surface area contributed by atoms with Crippen molar-refractivity contribution in [2.45, 2.75) is 4.90 Å². The largest absolute Gasteiger partial charge is 0.377 e. The van der Waals surface area contributed by atoms with E-state index in [1.807, 2.05) is 60.8 Å². The van der Waals surface area contributed by atoms with Crippen LogP contribution >= 0.6 is 11.8 Å². The van der Waals surface area contributed by atoms with Gasteiger partial charge in [0, 0.05) is 87.0 Å². The number of hydrogen-bond donors (Lipinski definition) is 2. The number of aliphatic imine (C=N–C) groups is 1. The third-order valence-corrected chi connectivity index (χ3v) is 8.99. The second-order valence-corrected chi connectivity index (χ2v) is 12.3. The number of likely N-dealkylation sites (N-methyl/N-ethyl adjacent to an activating group) is 1. The fraction of sp³-hybridized carbons (Fsp3) is 0.345. The molecule has 0 aliphatic carbocycles. The monoisotopic (exact) mass is 566 g/mol. The average molecular weight is 567 g/mol. The lowest BCUT2D eigenvalue weighted by molar-refractivity contribution is 0.155. The van der Waals surface area contributed by atoms with Gasteiger partial charge >= 0.3 is 0 Å². The van der Waals surface area contributed by atoms with Crippen molar-refractivity contribution < 1.29 is 8.42 Å². The predicted octanol–water partition coefficient (Wildman–Crippen LogP) is 4.23. The summed E-state index contributed by atoms with van der Waals surface area (Å²) in [6, 6.07) is 18.3. The Morgan fingerprint density at radius 2 is 1.77 bits per heavy atom. The van der Waals surface area contributed by atoms with Gasteiger partial charge in [0.05, 0.1) is 10.6 Å². The Hall–Kier alpha value is -2.89. The van der Waals surface area contributed by atoms with E-state index in [-0.39, 0.29) is 4.90 Å². The van der Waals surface area contributed by atoms with Crippen LogP contribution in [0.1, 0.15) is 5.56 Å². The van der Waals surface area contributed by atoms with Gasteiger partial charge in [-0.15, -0.1) is 11.8 Å². The molecule has 2 N–H and O–H groups in total. The minimum atomic E-state index is -3.83. The maximum Gasteiger partial charge on any atom is 0.262 e. The smallest absolute Gasteiger partial charge is 0.262 e. The SMILES string of the molecule is C=N/C(=C\SCNCCN1CCN(C)CC1)c1cccc(NS(=O)(=O)c2cccc3c(N(C)C)cccc23)c1. The molecule has 1 aliphatic heterocycles. The van der Waals surface area contributed by atoms with Crippen LogP contribution in [-0.4, -0.2) is 91.2 Å². The van der Waals surface area contributed by atoms with Crippen LogP contribution in [0.5, 0.6) is 0 Å². The van der Waals surface area contributed by atoms with Gasteiger partial charge in [0.15, 0.2) is 0 Å². The first-order valence-electron chi connectivity index (χ1n) is 13.0. The third-order valence-electron chi connectivity index (χ3n) is 6.79. The van der Waals surface area contributed by atoms with Crippen molar-refractivity contribution in [2.24, 2.45) is 4.99 Å². The minimum absolute atomic E-state index is 0.241. The Balaban J connectivity index is 1.40. The first kappa shape index (κ1) is 29.1. The van der Waals surface area contributed by atoms with Crippen LogP contribution in [0, 0.1) is 0 Å². The molecule has 0 bridgehead atoms. The molecule has 39 heavy (non-hydrogen) atoms. The van der Waals surface area contributed by atoms with E-state index in [4.69, 9.17) is 0 Å². The van der Waals surface area contributed by atoms with E-state index in [9.17, 15) is 8.42 Å². The van der Waals surface area contributed by atoms with E-state index >= 15 is 0 Å². The number of benzene rings is 3. The number of nitrogens with one attached hydrogen (secondary N) is 2. The van der Waals surface area contributed by atoms with Gasteiger partial charge in [0.25, 0.3) is 10.0 Å². The van der Waals surface area contributed by atoms with Gasteiger partial charge in [-0.3, -0.25) is 14.6 Å². The lowest BCUT2D eigenvalue weighted by Gasteiger charge is -2.32. The van der Waals surface area contributed by atoms with Gasteiger partial charge in [0.2, 0.25) is 0 Å². The second kappa shape index (κ2) is 13.5. The van der Waals surface area contributed by atoms with Gasteiger partial charge in [-0.2, -0.15) is 0 Å². The fourth-order valence-electron chi connectivity index (χ4n) is 4.60. The Morgan fingerprint density at radius 1 is 1.05 bits per heavy atom. The number of nitrogens with zero attached hydrogens (tertiary/aromatic N) is 4. The van der Waals surface area contributed by atoms with Crippen molar-refractivity contribution in [3.63, 3.8) is 0 Å². The van der Waals surface area contributed by atoms with Crippen LogP contribution < -0.4 is 14.9 Å². The van der Waals surface area contributed by atoms with Crippen molar-refractivity contribution in [2.75, 3.05) is 75.9 Å². The molecule has 4 rings (SSSR count). The summed E-state index contributed by atoms with van der Waals surface area (Å²) in [5.74, 6) is 0.759. The molecule has 1 aliphatic rings. The highest BCUT2D eigenvalue weighted by molar-refractivity contribution is 8.02. The van der Waals surface area contributed by atoms with Crippen molar-refractivity contribution in [3.05, 3.63) is 71.6 Å². The number of anilines is 2. The van der Waals surface area contributed by atoms with Crippen molar-refractivity contribution in [1.29, 1.82) is 0 Å². The molecular formula is C29H38N6O2S2. The van der Waals surface area contributed by atoms with Crippen LogP contribution in [0.2, 0.25) is 0 Å². The molecule has 0 spiro atoms. The zero-order valence-corrected chi connectivity index (χ0v) is 24.6. The summed E-state index contributed by atoms with van der Waals surface area (Å²) in [4.78, 5) is 11.2.